The number of anilines is 1. The first-order valence-electron chi connectivity index (χ1n) is 9.57. The molecule has 0 spiro atoms. The first-order chi connectivity index (χ1) is 15.0. The van der Waals surface area contributed by atoms with Crippen molar-refractivity contribution in [3.05, 3.63) is 95.2 Å². The van der Waals surface area contributed by atoms with Gasteiger partial charge in [0.05, 0.1) is 11.3 Å². The van der Waals surface area contributed by atoms with Crippen molar-refractivity contribution < 1.29 is 19.5 Å². The number of benzene rings is 2. The van der Waals surface area contributed by atoms with Gasteiger partial charge in [-0.2, -0.15) is 0 Å². The summed E-state index contributed by atoms with van der Waals surface area (Å²) in [5.41, 5.74) is 2.61. The molecule has 2 aromatic carbocycles. The zero-order valence-corrected chi connectivity index (χ0v) is 17.2. The number of carboxylic acid groups (broad SMARTS) is 1. The van der Waals surface area contributed by atoms with Gasteiger partial charge in [0, 0.05) is 18.3 Å². The molecule has 0 fully saturated rings. The SMILES string of the molecule is O=C(CSC1c2ccccc2C(=O)N1Cc1ccccc1)Nc1ccc(C(=O)O)cn1. The van der Waals surface area contributed by atoms with Gasteiger partial charge in [0.15, 0.2) is 0 Å². The summed E-state index contributed by atoms with van der Waals surface area (Å²) in [5.74, 6) is -1.02. The molecule has 0 saturated carbocycles. The maximum absolute atomic E-state index is 13.0. The average molecular weight is 433 g/mol. The van der Waals surface area contributed by atoms with Crippen LogP contribution in [0.15, 0.2) is 72.9 Å². The molecule has 0 saturated heterocycles. The number of pyridine rings is 1. The van der Waals surface area contributed by atoms with Gasteiger partial charge < -0.3 is 15.3 Å². The summed E-state index contributed by atoms with van der Waals surface area (Å²) >= 11 is 1.36. The first-order valence-corrected chi connectivity index (χ1v) is 10.6. The number of carbonyl (C=O) groups excluding carboxylic acids is 2. The summed E-state index contributed by atoms with van der Waals surface area (Å²) in [5, 5.41) is 11.3. The lowest BCUT2D eigenvalue weighted by atomic mass is 10.1. The molecule has 4 rings (SSSR count). The van der Waals surface area contributed by atoms with E-state index in [4.69, 9.17) is 5.11 Å². The molecule has 0 radical (unpaired) electrons. The largest absolute Gasteiger partial charge is 0.478 e. The highest BCUT2D eigenvalue weighted by atomic mass is 32.2. The molecule has 1 aliphatic rings. The van der Waals surface area contributed by atoms with E-state index in [9.17, 15) is 14.4 Å². The molecule has 0 bridgehead atoms. The number of hydrogen-bond donors (Lipinski definition) is 2. The predicted molar refractivity (Wildman–Crippen MR) is 118 cm³/mol. The highest BCUT2D eigenvalue weighted by Gasteiger charge is 2.36. The Morgan fingerprint density at radius 3 is 2.48 bits per heavy atom. The van der Waals surface area contributed by atoms with Gasteiger partial charge in [0.1, 0.15) is 11.2 Å². The number of aromatic nitrogens is 1. The molecule has 1 aromatic heterocycles. The monoisotopic (exact) mass is 433 g/mol. The van der Waals surface area contributed by atoms with E-state index >= 15 is 0 Å². The van der Waals surface area contributed by atoms with E-state index < -0.39 is 5.97 Å². The topological polar surface area (TPSA) is 99.6 Å². The molecule has 2 heterocycles. The fourth-order valence-electron chi connectivity index (χ4n) is 3.38. The number of carboxylic acids is 1. The Hall–Kier alpha value is -3.65. The molecule has 31 heavy (non-hydrogen) atoms. The van der Waals surface area contributed by atoms with E-state index in [1.807, 2.05) is 54.6 Å². The lowest BCUT2D eigenvalue weighted by molar-refractivity contribution is -0.113. The van der Waals surface area contributed by atoms with Crippen LogP contribution in [0.3, 0.4) is 0 Å². The molecule has 2 amide bonds. The van der Waals surface area contributed by atoms with E-state index in [2.05, 4.69) is 10.3 Å². The molecule has 3 aromatic rings. The maximum Gasteiger partial charge on any atom is 0.337 e. The van der Waals surface area contributed by atoms with Crippen LogP contribution >= 0.6 is 11.8 Å². The summed E-state index contributed by atoms with van der Waals surface area (Å²) < 4.78 is 0. The minimum Gasteiger partial charge on any atom is -0.478 e. The summed E-state index contributed by atoms with van der Waals surface area (Å²) in [4.78, 5) is 42.1. The molecule has 1 aliphatic heterocycles. The highest BCUT2D eigenvalue weighted by Crippen LogP contribution is 2.42. The van der Waals surface area contributed by atoms with Crippen LogP contribution in [0, 0.1) is 0 Å². The van der Waals surface area contributed by atoms with Gasteiger partial charge in [0.2, 0.25) is 5.91 Å². The van der Waals surface area contributed by atoms with E-state index in [0.29, 0.717) is 12.1 Å². The van der Waals surface area contributed by atoms with Crippen LogP contribution in [0.2, 0.25) is 0 Å². The van der Waals surface area contributed by atoms with Gasteiger partial charge >= 0.3 is 5.97 Å². The van der Waals surface area contributed by atoms with Crippen molar-refractivity contribution in [3.63, 3.8) is 0 Å². The predicted octanol–water partition coefficient (Wildman–Crippen LogP) is 3.81. The quantitative estimate of drug-likeness (QED) is 0.588. The van der Waals surface area contributed by atoms with Crippen LogP contribution in [-0.4, -0.2) is 38.5 Å². The van der Waals surface area contributed by atoms with E-state index in [0.717, 1.165) is 11.1 Å². The summed E-state index contributed by atoms with van der Waals surface area (Å²) in [6.07, 6.45) is 1.19. The lowest BCUT2D eigenvalue weighted by Gasteiger charge is -2.25. The number of fused-ring (bicyclic) bond motifs is 1. The van der Waals surface area contributed by atoms with Crippen molar-refractivity contribution in [1.29, 1.82) is 0 Å². The molecule has 1 atom stereocenters. The fraction of sp³-hybridized carbons (Fsp3) is 0.130. The second-order valence-corrected chi connectivity index (χ2v) is 8.02. The normalized spacial score (nSPS) is 14.9. The Balaban J connectivity index is 1.46. The van der Waals surface area contributed by atoms with Crippen LogP contribution in [0.1, 0.15) is 37.2 Å². The van der Waals surface area contributed by atoms with Gasteiger partial charge in [0.25, 0.3) is 5.91 Å². The van der Waals surface area contributed by atoms with Crippen LogP contribution < -0.4 is 5.32 Å². The second kappa shape index (κ2) is 9.01. The van der Waals surface area contributed by atoms with Crippen molar-refractivity contribution in [3.8, 4) is 0 Å². The van der Waals surface area contributed by atoms with Crippen molar-refractivity contribution in [1.82, 2.24) is 9.88 Å². The van der Waals surface area contributed by atoms with Crippen LogP contribution in [-0.2, 0) is 11.3 Å². The third-order valence-electron chi connectivity index (χ3n) is 4.85. The standard InChI is InChI=1S/C23H19N3O4S/c27-20(25-19-11-10-16(12-24-19)23(29)30)14-31-22-18-9-5-4-8-17(18)21(28)26(22)13-15-6-2-1-3-7-15/h1-12,22H,13-14H2,(H,29,30)(H,24,25,27). The van der Waals surface area contributed by atoms with Crippen molar-refractivity contribution in [2.75, 3.05) is 11.1 Å². The van der Waals surface area contributed by atoms with Crippen LogP contribution in [0.25, 0.3) is 0 Å². The lowest BCUT2D eigenvalue weighted by Crippen LogP contribution is -2.27. The van der Waals surface area contributed by atoms with Gasteiger partial charge in [-0.1, -0.05) is 48.5 Å². The molecule has 7 nitrogen and oxygen atoms in total. The maximum atomic E-state index is 13.0. The Bertz CT molecular complexity index is 1120. The van der Waals surface area contributed by atoms with Gasteiger partial charge in [-0.15, -0.1) is 11.8 Å². The zero-order valence-electron chi connectivity index (χ0n) is 16.4. The number of hydrogen-bond acceptors (Lipinski definition) is 5. The Kier molecular flexibility index (Phi) is 5.99. The highest BCUT2D eigenvalue weighted by molar-refractivity contribution is 8.00. The number of carbonyl (C=O) groups is 3. The van der Waals surface area contributed by atoms with Gasteiger partial charge in [-0.05, 0) is 29.3 Å². The van der Waals surface area contributed by atoms with E-state index in [1.165, 1.54) is 30.1 Å². The number of aromatic carboxylic acids is 1. The molecule has 8 heteroatoms. The number of rotatable bonds is 7. The summed E-state index contributed by atoms with van der Waals surface area (Å²) in [6, 6.07) is 20.0. The molecule has 1 unspecified atom stereocenters. The Morgan fingerprint density at radius 1 is 1.03 bits per heavy atom. The van der Waals surface area contributed by atoms with Gasteiger partial charge in [-0.3, -0.25) is 9.59 Å². The number of amides is 2. The van der Waals surface area contributed by atoms with Crippen molar-refractivity contribution in [2.45, 2.75) is 11.9 Å². The minimum absolute atomic E-state index is 0.0463. The number of nitrogens with zero attached hydrogens (tertiary/aromatic N) is 2. The van der Waals surface area contributed by atoms with E-state index in [-0.39, 0.29) is 34.3 Å². The van der Waals surface area contributed by atoms with Crippen molar-refractivity contribution >= 4 is 35.4 Å². The second-order valence-electron chi connectivity index (χ2n) is 6.95. The fourth-order valence-corrected chi connectivity index (χ4v) is 4.50. The van der Waals surface area contributed by atoms with E-state index in [1.54, 1.807) is 4.90 Å². The van der Waals surface area contributed by atoms with Crippen LogP contribution in [0.5, 0.6) is 0 Å². The Labute approximate surface area is 183 Å². The summed E-state index contributed by atoms with van der Waals surface area (Å²) in [7, 11) is 0. The smallest absolute Gasteiger partial charge is 0.337 e. The Morgan fingerprint density at radius 2 is 1.77 bits per heavy atom. The van der Waals surface area contributed by atoms with Crippen molar-refractivity contribution in [2.24, 2.45) is 0 Å². The molecule has 0 aliphatic carbocycles. The third kappa shape index (κ3) is 4.59. The summed E-state index contributed by atoms with van der Waals surface area (Å²) in [6.45, 7) is 0.450. The van der Waals surface area contributed by atoms with Gasteiger partial charge in [-0.25, -0.2) is 9.78 Å². The molecular weight excluding hydrogens is 414 g/mol. The molecule has 2 N–H and O–H groups in total. The number of thioether (sulfide) groups is 1. The third-order valence-corrected chi connectivity index (χ3v) is 6.10. The number of nitrogens with one attached hydrogen (secondary N) is 1. The first kappa shape index (κ1) is 20.6. The zero-order chi connectivity index (χ0) is 21.8. The molecule has 156 valence electrons. The average Bonchev–Trinajstić information content (AvgIpc) is 3.04. The van der Waals surface area contributed by atoms with Crippen LogP contribution in [0.4, 0.5) is 5.82 Å². The molecular formula is C23H19N3O4S. The minimum atomic E-state index is -1.08.